The fourth-order valence-electron chi connectivity index (χ4n) is 5.22. The molecule has 0 radical (unpaired) electrons. The number of hydrogen-bond donors (Lipinski definition) is 2. The minimum atomic E-state index is -1.09. The number of nitrogens with zero attached hydrogens (tertiary/aromatic N) is 1. The van der Waals surface area contributed by atoms with Gasteiger partial charge in [0.2, 0.25) is 5.91 Å². The Morgan fingerprint density at radius 2 is 1.78 bits per heavy atom. The highest BCUT2D eigenvalue weighted by atomic mass is 19.1. The Kier molecular flexibility index (Phi) is 7.51. The van der Waals surface area contributed by atoms with E-state index in [4.69, 9.17) is 4.74 Å². The largest absolute Gasteiger partial charge is 0.372 e. The van der Waals surface area contributed by atoms with Crippen LogP contribution in [0.3, 0.4) is 0 Å². The summed E-state index contributed by atoms with van der Waals surface area (Å²) in [7, 11) is 0. The number of alkyl halides is 1. The van der Waals surface area contributed by atoms with Crippen molar-refractivity contribution in [3.63, 3.8) is 0 Å². The molecule has 0 aromatic rings. The van der Waals surface area contributed by atoms with Gasteiger partial charge < -0.3 is 9.64 Å². The van der Waals surface area contributed by atoms with E-state index in [1.165, 1.54) is 38.5 Å². The molecule has 2 saturated heterocycles. The zero-order chi connectivity index (χ0) is 19.3. The van der Waals surface area contributed by atoms with E-state index >= 15 is 0 Å². The molecule has 0 aromatic carbocycles. The number of carbonyl (C=O) groups is 1. The first-order chi connectivity index (χ1) is 13.0. The lowest BCUT2D eigenvalue weighted by molar-refractivity contribution is -0.149. The molecular formula is C21H38FN3O2. The molecule has 2 heterocycles. The van der Waals surface area contributed by atoms with Crippen molar-refractivity contribution in [1.82, 2.24) is 15.8 Å². The van der Waals surface area contributed by atoms with Crippen LogP contribution in [0.15, 0.2) is 0 Å². The van der Waals surface area contributed by atoms with E-state index in [1.807, 2.05) is 13.8 Å². The molecule has 1 unspecified atom stereocenters. The number of nitrogens with one attached hydrogen (secondary N) is 2. The topological polar surface area (TPSA) is 53.6 Å². The maximum Gasteiger partial charge on any atom is 0.227 e. The first kappa shape index (κ1) is 21.0. The third-order valence-corrected chi connectivity index (χ3v) is 6.75. The Morgan fingerprint density at radius 3 is 2.41 bits per heavy atom. The van der Waals surface area contributed by atoms with Crippen LogP contribution in [-0.4, -0.2) is 55.4 Å². The molecule has 3 fully saturated rings. The van der Waals surface area contributed by atoms with Gasteiger partial charge in [0.05, 0.1) is 24.7 Å². The number of hydrazine groups is 1. The molecular weight excluding hydrogens is 345 g/mol. The Morgan fingerprint density at radius 1 is 1.11 bits per heavy atom. The summed E-state index contributed by atoms with van der Waals surface area (Å²) in [6.45, 7) is 6.15. The van der Waals surface area contributed by atoms with Gasteiger partial charge in [-0.2, -0.15) is 0 Å². The number of hydrogen-bond acceptors (Lipinski definition) is 4. The molecule has 6 heteroatoms. The highest BCUT2D eigenvalue weighted by molar-refractivity contribution is 5.80. The average Bonchev–Trinajstić information content (AvgIpc) is 2.76. The standard InChI is InChI=1S/C21H38FN3O2/c1-16(2)27-19-9-12-25(14-18(19)22)20(26)17-13-23-24-15-21(17)10-7-5-3-4-6-8-11-21/h16-19,23-24H,3-15H2,1-2H3/t17?,18-,19+/m1/s1. The summed E-state index contributed by atoms with van der Waals surface area (Å²) in [6.07, 6.45) is 8.90. The molecule has 27 heavy (non-hydrogen) atoms. The molecule has 3 rings (SSSR count). The van der Waals surface area contributed by atoms with Crippen LogP contribution in [0.4, 0.5) is 4.39 Å². The summed E-state index contributed by atoms with van der Waals surface area (Å²) in [6, 6.07) is 0. The van der Waals surface area contributed by atoms with Crippen LogP contribution in [-0.2, 0) is 9.53 Å². The predicted molar refractivity (Wildman–Crippen MR) is 105 cm³/mol. The molecule has 156 valence electrons. The van der Waals surface area contributed by atoms with Gasteiger partial charge in [0, 0.05) is 19.6 Å². The summed E-state index contributed by atoms with van der Waals surface area (Å²) < 4.78 is 20.3. The van der Waals surface area contributed by atoms with Gasteiger partial charge in [-0.05, 0) is 38.5 Å². The van der Waals surface area contributed by atoms with Crippen LogP contribution in [0.2, 0.25) is 0 Å². The highest BCUT2D eigenvalue weighted by Gasteiger charge is 2.46. The van der Waals surface area contributed by atoms with Crippen molar-refractivity contribution < 1.29 is 13.9 Å². The quantitative estimate of drug-likeness (QED) is 0.786. The monoisotopic (exact) mass is 383 g/mol. The molecule has 1 saturated carbocycles. The number of piperidine rings is 1. The second-order valence-corrected chi connectivity index (χ2v) is 9.08. The van der Waals surface area contributed by atoms with Gasteiger partial charge >= 0.3 is 0 Å². The lowest BCUT2D eigenvalue weighted by Crippen LogP contribution is -2.61. The zero-order valence-corrected chi connectivity index (χ0v) is 17.1. The number of rotatable bonds is 3. The molecule has 0 aromatic heterocycles. The molecule has 1 amide bonds. The maximum absolute atomic E-state index is 14.6. The smallest absolute Gasteiger partial charge is 0.227 e. The summed E-state index contributed by atoms with van der Waals surface area (Å²) in [4.78, 5) is 15.2. The van der Waals surface area contributed by atoms with Crippen molar-refractivity contribution in [2.75, 3.05) is 26.2 Å². The van der Waals surface area contributed by atoms with Crippen LogP contribution < -0.4 is 10.9 Å². The van der Waals surface area contributed by atoms with Crippen LogP contribution in [0, 0.1) is 11.3 Å². The minimum absolute atomic E-state index is 0.0176. The Balaban J connectivity index is 1.68. The third-order valence-electron chi connectivity index (χ3n) is 6.75. The molecule has 5 nitrogen and oxygen atoms in total. The molecule has 2 aliphatic heterocycles. The Bertz CT molecular complexity index is 478. The third kappa shape index (κ3) is 5.21. The van der Waals surface area contributed by atoms with Crippen molar-refractivity contribution in [3.05, 3.63) is 0 Å². The predicted octanol–water partition coefficient (Wildman–Crippen LogP) is 3.20. The van der Waals surface area contributed by atoms with Crippen LogP contribution in [0.1, 0.15) is 71.6 Å². The summed E-state index contributed by atoms with van der Waals surface area (Å²) in [5.74, 6) is 0.0977. The van der Waals surface area contributed by atoms with Crippen molar-refractivity contribution >= 4 is 5.91 Å². The Hall–Kier alpha value is -0.720. The number of carbonyl (C=O) groups excluding carboxylic acids is 1. The zero-order valence-electron chi connectivity index (χ0n) is 17.1. The SMILES string of the molecule is CC(C)O[C@H]1CCN(C(=O)C2CNNCC23CCCCCCCC3)C[C@H]1F. The van der Waals surface area contributed by atoms with Gasteiger partial charge in [0.15, 0.2) is 0 Å². The molecule has 2 N–H and O–H groups in total. The molecule has 3 atom stereocenters. The van der Waals surface area contributed by atoms with E-state index in [2.05, 4.69) is 10.9 Å². The minimum Gasteiger partial charge on any atom is -0.372 e. The fourth-order valence-corrected chi connectivity index (χ4v) is 5.22. The maximum atomic E-state index is 14.6. The summed E-state index contributed by atoms with van der Waals surface area (Å²) in [5, 5.41) is 0. The van der Waals surface area contributed by atoms with E-state index in [0.29, 0.717) is 19.5 Å². The lowest BCUT2D eigenvalue weighted by atomic mass is 9.67. The van der Waals surface area contributed by atoms with Crippen molar-refractivity contribution in [2.45, 2.75) is 90.0 Å². The van der Waals surface area contributed by atoms with Gasteiger partial charge in [0.25, 0.3) is 0 Å². The van der Waals surface area contributed by atoms with Crippen molar-refractivity contribution in [1.29, 1.82) is 0 Å². The number of ether oxygens (including phenoxy) is 1. The first-order valence-corrected chi connectivity index (χ1v) is 11.1. The van der Waals surface area contributed by atoms with Crippen LogP contribution in [0.5, 0.6) is 0 Å². The van der Waals surface area contributed by atoms with Crippen molar-refractivity contribution in [3.8, 4) is 0 Å². The van der Waals surface area contributed by atoms with E-state index in [0.717, 1.165) is 19.4 Å². The van der Waals surface area contributed by atoms with Crippen LogP contribution >= 0.6 is 0 Å². The fraction of sp³-hybridized carbons (Fsp3) is 0.952. The van der Waals surface area contributed by atoms with Gasteiger partial charge in [-0.15, -0.1) is 0 Å². The second-order valence-electron chi connectivity index (χ2n) is 9.08. The van der Waals surface area contributed by atoms with Gasteiger partial charge in [0.1, 0.15) is 6.17 Å². The van der Waals surface area contributed by atoms with Gasteiger partial charge in [-0.25, -0.2) is 4.39 Å². The molecule has 0 bridgehead atoms. The van der Waals surface area contributed by atoms with Gasteiger partial charge in [-0.1, -0.05) is 38.5 Å². The van der Waals surface area contributed by atoms with E-state index in [9.17, 15) is 9.18 Å². The highest BCUT2D eigenvalue weighted by Crippen LogP contribution is 2.42. The molecule has 1 aliphatic carbocycles. The average molecular weight is 384 g/mol. The Labute approximate surface area is 163 Å². The molecule has 1 spiro atoms. The number of halogens is 1. The van der Waals surface area contributed by atoms with Gasteiger partial charge in [-0.3, -0.25) is 15.6 Å². The van der Waals surface area contributed by atoms with Crippen LogP contribution in [0.25, 0.3) is 0 Å². The lowest BCUT2D eigenvalue weighted by Gasteiger charge is -2.47. The second kappa shape index (κ2) is 9.66. The van der Waals surface area contributed by atoms with E-state index in [-0.39, 0.29) is 36.0 Å². The number of amides is 1. The normalized spacial score (nSPS) is 32.7. The van der Waals surface area contributed by atoms with E-state index < -0.39 is 6.17 Å². The molecule has 3 aliphatic rings. The number of likely N-dealkylation sites (tertiary alicyclic amines) is 1. The first-order valence-electron chi connectivity index (χ1n) is 11.1. The van der Waals surface area contributed by atoms with Crippen molar-refractivity contribution in [2.24, 2.45) is 11.3 Å². The van der Waals surface area contributed by atoms with E-state index in [1.54, 1.807) is 4.90 Å². The summed E-state index contributed by atoms with van der Waals surface area (Å²) in [5.41, 5.74) is 6.55. The summed E-state index contributed by atoms with van der Waals surface area (Å²) >= 11 is 0.